The first-order valence-corrected chi connectivity index (χ1v) is 6.99. The number of alkyl halides is 1. The molecule has 3 nitrogen and oxygen atoms in total. The zero-order valence-corrected chi connectivity index (χ0v) is 11.9. The fraction of sp³-hybridized carbons (Fsp3) is 0.400. The quantitative estimate of drug-likeness (QED) is 0.791. The summed E-state index contributed by atoms with van der Waals surface area (Å²) in [4.78, 5) is 4.32. The lowest BCUT2D eigenvalue weighted by Crippen LogP contribution is -2.31. The largest absolute Gasteiger partial charge is 0.385 e. The van der Waals surface area contributed by atoms with Gasteiger partial charge in [0.05, 0.1) is 5.52 Å². The maximum atomic E-state index is 5.94. The maximum Gasteiger partial charge on any atom is 0.0702 e. The number of benzene rings is 1. The molecule has 0 fully saturated rings. The summed E-state index contributed by atoms with van der Waals surface area (Å²) >= 11 is 5.94. The molecular formula is C15H19ClN2O. The monoisotopic (exact) mass is 278 g/mol. The molecule has 102 valence electrons. The molecule has 1 aromatic heterocycles. The van der Waals surface area contributed by atoms with Gasteiger partial charge in [-0.3, -0.25) is 4.98 Å². The molecule has 1 heterocycles. The number of nitrogens with one attached hydrogen (secondary N) is 1. The van der Waals surface area contributed by atoms with Gasteiger partial charge in [-0.1, -0.05) is 12.1 Å². The number of methoxy groups -OCH3 is 1. The van der Waals surface area contributed by atoms with Gasteiger partial charge in [0.25, 0.3) is 0 Å². The summed E-state index contributed by atoms with van der Waals surface area (Å²) in [7, 11) is 1.71. The van der Waals surface area contributed by atoms with Crippen LogP contribution >= 0.6 is 11.6 Å². The van der Waals surface area contributed by atoms with Gasteiger partial charge in [0, 0.05) is 43.8 Å². The standard InChI is InChI=1S/C15H19ClN2O/c1-19-8-6-14(10-16)18-11-12-4-5-15-13(9-12)3-2-7-17-15/h2-5,7,9,14,18H,6,8,10-11H2,1H3. The number of nitrogens with zero attached hydrogens (tertiary/aromatic N) is 1. The second-order valence-electron chi connectivity index (χ2n) is 4.54. The van der Waals surface area contributed by atoms with Crippen LogP contribution < -0.4 is 5.32 Å². The van der Waals surface area contributed by atoms with E-state index in [1.165, 1.54) is 10.9 Å². The van der Waals surface area contributed by atoms with Crippen molar-refractivity contribution in [3.8, 4) is 0 Å². The van der Waals surface area contributed by atoms with Gasteiger partial charge in [-0.05, 0) is 30.2 Å². The highest BCUT2D eigenvalue weighted by molar-refractivity contribution is 6.18. The van der Waals surface area contributed by atoms with Crippen molar-refractivity contribution in [3.63, 3.8) is 0 Å². The van der Waals surface area contributed by atoms with Crippen molar-refractivity contribution < 1.29 is 4.74 Å². The Morgan fingerprint density at radius 3 is 3.05 bits per heavy atom. The molecule has 0 spiro atoms. The Morgan fingerprint density at radius 2 is 2.26 bits per heavy atom. The van der Waals surface area contributed by atoms with Crippen molar-refractivity contribution in [3.05, 3.63) is 42.1 Å². The average Bonchev–Trinajstić information content (AvgIpc) is 2.47. The summed E-state index contributed by atoms with van der Waals surface area (Å²) in [6.07, 6.45) is 2.74. The van der Waals surface area contributed by atoms with Crippen LogP contribution in [0.15, 0.2) is 36.5 Å². The van der Waals surface area contributed by atoms with Crippen LogP contribution in [0.3, 0.4) is 0 Å². The molecule has 1 aromatic carbocycles. The van der Waals surface area contributed by atoms with Crippen LogP contribution in [-0.4, -0.2) is 30.6 Å². The molecule has 2 rings (SSSR count). The number of aromatic nitrogens is 1. The van der Waals surface area contributed by atoms with Crippen molar-refractivity contribution >= 4 is 22.5 Å². The van der Waals surface area contributed by atoms with Crippen molar-refractivity contribution in [2.45, 2.75) is 19.0 Å². The van der Waals surface area contributed by atoms with E-state index in [0.717, 1.165) is 25.1 Å². The van der Waals surface area contributed by atoms with Gasteiger partial charge in [-0.15, -0.1) is 11.6 Å². The van der Waals surface area contributed by atoms with E-state index in [1.807, 2.05) is 12.3 Å². The highest BCUT2D eigenvalue weighted by Gasteiger charge is 2.06. The molecule has 0 bridgehead atoms. The zero-order chi connectivity index (χ0) is 13.5. The molecule has 0 aliphatic heterocycles. The summed E-state index contributed by atoms with van der Waals surface area (Å²) in [6.45, 7) is 1.54. The minimum atomic E-state index is 0.284. The van der Waals surface area contributed by atoms with E-state index >= 15 is 0 Å². The van der Waals surface area contributed by atoms with Crippen molar-refractivity contribution in [1.29, 1.82) is 0 Å². The SMILES string of the molecule is COCCC(CCl)NCc1ccc2ncccc2c1. The van der Waals surface area contributed by atoms with Gasteiger partial charge in [-0.25, -0.2) is 0 Å². The second kappa shape index (κ2) is 7.43. The fourth-order valence-electron chi connectivity index (χ4n) is 1.99. The third kappa shape index (κ3) is 4.16. The number of ether oxygens (including phenoxy) is 1. The van der Waals surface area contributed by atoms with Crippen LogP contribution in [0.25, 0.3) is 10.9 Å². The van der Waals surface area contributed by atoms with Crippen molar-refractivity contribution in [1.82, 2.24) is 10.3 Å². The van der Waals surface area contributed by atoms with E-state index in [-0.39, 0.29) is 6.04 Å². The Bertz CT molecular complexity index is 518. The molecule has 1 unspecified atom stereocenters. The maximum absolute atomic E-state index is 5.94. The van der Waals surface area contributed by atoms with Crippen LogP contribution in [0.4, 0.5) is 0 Å². The Balaban J connectivity index is 1.96. The molecular weight excluding hydrogens is 260 g/mol. The third-order valence-corrected chi connectivity index (χ3v) is 3.49. The van der Waals surface area contributed by atoms with E-state index in [0.29, 0.717) is 5.88 Å². The first-order valence-electron chi connectivity index (χ1n) is 6.45. The smallest absolute Gasteiger partial charge is 0.0702 e. The number of hydrogen-bond donors (Lipinski definition) is 1. The Kier molecular flexibility index (Phi) is 5.58. The molecule has 0 aliphatic carbocycles. The Hall–Kier alpha value is -1.16. The first kappa shape index (κ1) is 14.3. The minimum Gasteiger partial charge on any atom is -0.385 e. The molecule has 4 heteroatoms. The molecule has 1 N–H and O–H groups in total. The lowest BCUT2D eigenvalue weighted by molar-refractivity contribution is 0.185. The number of fused-ring (bicyclic) bond motifs is 1. The predicted octanol–water partition coefficient (Wildman–Crippen LogP) is 2.97. The van der Waals surface area contributed by atoms with Crippen molar-refractivity contribution in [2.75, 3.05) is 19.6 Å². The topological polar surface area (TPSA) is 34.1 Å². The van der Waals surface area contributed by atoms with E-state index in [1.54, 1.807) is 7.11 Å². The second-order valence-corrected chi connectivity index (χ2v) is 4.85. The average molecular weight is 279 g/mol. The molecule has 0 saturated carbocycles. The molecule has 0 saturated heterocycles. The number of pyridine rings is 1. The predicted molar refractivity (Wildman–Crippen MR) is 79.6 cm³/mol. The van der Waals surface area contributed by atoms with Gasteiger partial charge in [-0.2, -0.15) is 0 Å². The summed E-state index contributed by atoms with van der Waals surface area (Å²) in [5.41, 5.74) is 2.27. The van der Waals surface area contributed by atoms with Crippen LogP contribution in [0.2, 0.25) is 0 Å². The van der Waals surface area contributed by atoms with Crippen LogP contribution in [0, 0.1) is 0 Å². The van der Waals surface area contributed by atoms with Gasteiger partial charge >= 0.3 is 0 Å². The van der Waals surface area contributed by atoms with Crippen LogP contribution in [0.5, 0.6) is 0 Å². The van der Waals surface area contributed by atoms with Gasteiger partial charge in [0.15, 0.2) is 0 Å². The molecule has 0 amide bonds. The number of rotatable bonds is 7. The van der Waals surface area contributed by atoms with Crippen LogP contribution in [-0.2, 0) is 11.3 Å². The third-order valence-electron chi connectivity index (χ3n) is 3.12. The summed E-state index contributed by atoms with van der Waals surface area (Å²) in [5, 5.41) is 4.62. The normalized spacial score (nSPS) is 12.7. The summed E-state index contributed by atoms with van der Waals surface area (Å²) in [5.74, 6) is 0.596. The minimum absolute atomic E-state index is 0.284. The number of halogens is 1. The molecule has 2 aromatic rings. The lowest BCUT2D eigenvalue weighted by Gasteiger charge is -2.15. The highest BCUT2D eigenvalue weighted by Crippen LogP contribution is 2.13. The Labute approximate surface area is 118 Å². The van der Waals surface area contributed by atoms with E-state index in [4.69, 9.17) is 16.3 Å². The lowest BCUT2D eigenvalue weighted by atomic mass is 10.1. The Morgan fingerprint density at radius 1 is 1.37 bits per heavy atom. The zero-order valence-electron chi connectivity index (χ0n) is 11.1. The van der Waals surface area contributed by atoms with E-state index in [2.05, 4.69) is 34.6 Å². The molecule has 1 atom stereocenters. The first-order chi connectivity index (χ1) is 9.33. The molecule has 0 aliphatic rings. The molecule has 0 radical (unpaired) electrons. The van der Waals surface area contributed by atoms with E-state index < -0.39 is 0 Å². The van der Waals surface area contributed by atoms with E-state index in [9.17, 15) is 0 Å². The molecule has 19 heavy (non-hydrogen) atoms. The van der Waals surface area contributed by atoms with Crippen LogP contribution in [0.1, 0.15) is 12.0 Å². The van der Waals surface area contributed by atoms with Gasteiger partial charge < -0.3 is 10.1 Å². The summed E-state index contributed by atoms with van der Waals surface area (Å²) in [6, 6.07) is 10.6. The number of hydrogen-bond acceptors (Lipinski definition) is 3. The highest BCUT2D eigenvalue weighted by atomic mass is 35.5. The van der Waals surface area contributed by atoms with Gasteiger partial charge in [0.1, 0.15) is 0 Å². The van der Waals surface area contributed by atoms with Crippen molar-refractivity contribution in [2.24, 2.45) is 0 Å². The fourth-order valence-corrected chi connectivity index (χ4v) is 2.25. The van der Waals surface area contributed by atoms with Gasteiger partial charge in [0.2, 0.25) is 0 Å². The summed E-state index contributed by atoms with van der Waals surface area (Å²) < 4.78 is 5.08.